The van der Waals surface area contributed by atoms with Gasteiger partial charge in [-0.15, -0.1) is 0 Å². The van der Waals surface area contributed by atoms with Crippen molar-refractivity contribution in [3.8, 4) is 22.6 Å². The molecule has 1 aromatic carbocycles. The second-order valence-corrected chi connectivity index (χ2v) is 4.39. The van der Waals surface area contributed by atoms with Crippen molar-refractivity contribution >= 4 is 5.69 Å². The van der Waals surface area contributed by atoms with Gasteiger partial charge in [-0.3, -0.25) is 4.98 Å². The number of hydrogen-bond donors (Lipinski definition) is 2. The molecule has 0 spiro atoms. The van der Waals surface area contributed by atoms with Crippen LogP contribution in [0.2, 0.25) is 0 Å². The van der Waals surface area contributed by atoms with Crippen molar-refractivity contribution in [3.05, 3.63) is 54.5 Å². The number of pyridine rings is 1. The lowest BCUT2D eigenvalue weighted by Crippen LogP contribution is -1.90. The average Bonchev–Trinajstić information content (AvgIpc) is 2.82. The Morgan fingerprint density at radius 3 is 2.68 bits per heavy atom. The molecule has 0 amide bonds. The van der Waals surface area contributed by atoms with E-state index in [9.17, 15) is 0 Å². The van der Waals surface area contributed by atoms with Gasteiger partial charge >= 0.3 is 0 Å². The van der Waals surface area contributed by atoms with Gasteiger partial charge in [-0.25, -0.2) is 4.98 Å². The number of nitrogens with zero attached hydrogens (tertiary/aromatic N) is 2. The maximum Gasteiger partial charge on any atom is 0.140 e. The third-order valence-electron chi connectivity index (χ3n) is 3.04. The number of nitrogen functional groups attached to an aromatic ring is 1. The molecule has 94 valence electrons. The topological polar surface area (TPSA) is 67.6 Å². The summed E-state index contributed by atoms with van der Waals surface area (Å²) in [6.07, 6.45) is 3.56. The minimum Gasteiger partial charge on any atom is -0.398 e. The highest BCUT2D eigenvalue weighted by atomic mass is 14.9. The number of aromatic amines is 1. The van der Waals surface area contributed by atoms with Gasteiger partial charge in [0.15, 0.2) is 0 Å². The minimum atomic E-state index is 0.717. The molecular formula is C15H14N4. The second kappa shape index (κ2) is 4.57. The third-order valence-corrected chi connectivity index (χ3v) is 3.04. The highest BCUT2D eigenvalue weighted by molar-refractivity contribution is 5.74. The zero-order valence-corrected chi connectivity index (χ0v) is 10.6. The summed E-state index contributed by atoms with van der Waals surface area (Å²) >= 11 is 0. The zero-order chi connectivity index (χ0) is 13.2. The first-order valence-corrected chi connectivity index (χ1v) is 6.07. The highest BCUT2D eigenvalue weighted by Crippen LogP contribution is 2.27. The van der Waals surface area contributed by atoms with Gasteiger partial charge in [-0.2, -0.15) is 0 Å². The zero-order valence-electron chi connectivity index (χ0n) is 10.6. The quantitative estimate of drug-likeness (QED) is 0.687. The number of aromatic nitrogens is 3. The predicted molar refractivity (Wildman–Crippen MR) is 76.4 cm³/mol. The molecule has 0 atom stereocenters. The van der Waals surface area contributed by atoms with Crippen LogP contribution >= 0.6 is 0 Å². The van der Waals surface area contributed by atoms with Crippen molar-refractivity contribution in [2.75, 3.05) is 5.73 Å². The molecule has 4 heteroatoms. The van der Waals surface area contributed by atoms with Crippen LogP contribution in [0.5, 0.6) is 0 Å². The van der Waals surface area contributed by atoms with Crippen LogP contribution in [0.4, 0.5) is 5.69 Å². The van der Waals surface area contributed by atoms with Crippen molar-refractivity contribution < 1.29 is 0 Å². The first-order valence-electron chi connectivity index (χ1n) is 6.07. The van der Waals surface area contributed by atoms with Crippen LogP contribution in [0, 0.1) is 6.92 Å². The summed E-state index contributed by atoms with van der Waals surface area (Å²) in [7, 11) is 0. The molecule has 0 bridgehead atoms. The Bertz CT molecular complexity index is 701. The molecule has 2 aromatic heterocycles. The Labute approximate surface area is 111 Å². The minimum absolute atomic E-state index is 0.717. The lowest BCUT2D eigenvalue weighted by atomic mass is 10.2. The summed E-state index contributed by atoms with van der Waals surface area (Å²) in [5, 5.41) is 0. The molecule has 0 aliphatic carbocycles. The second-order valence-electron chi connectivity index (χ2n) is 4.39. The summed E-state index contributed by atoms with van der Waals surface area (Å²) in [6, 6.07) is 11.6. The van der Waals surface area contributed by atoms with Gasteiger partial charge in [0.25, 0.3) is 0 Å². The van der Waals surface area contributed by atoms with Crippen LogP contribution in [0.3, 0.4) is 0 Å². The number of nitrogens with two attached hydrogens (primary N) is 1. The number of imidazole rings is 1. The molecule has 3 N–H and O–H groups in total. The number of benzene rings is 1. The molecule has 3 rings (SSSR count). The molecule has 19 heavy (non-hydrogen) atoms. The van der Waals surface area contributed by atoms with Gasteiger partial charge in [0.1, 0.15) is 5.82 Å². The van der Waals surface area contributed by atoms with Gasteiger partial charge < -0.3 is 10.7 Å². The number of rotatable bonds is 2. The standard InChI is InChI=1S/C15H14N4/c1-10-14(11-5-4-8-17-9-11)19-15(18-10)12-6-2-3-7-13(12)16/h2-9H,16H2,1H3,(H,18,19). The van der Waals surface area contributed by atoms with E-state index in [1.165, 1.54) is 0 Å². The molecule has 3 aromatic rings. The number of nitrogens with one attached hydrogen (secondary N) is 1. The predicted octanol–water partition coefficient (Wildman–Crippen LogP) is 3.03. The number of para-hydroxylation sites is 1. The highest BCUT2D eigenvalue weighted by Gasteiger charge is 2.11. The molecular weight excluding hydrogens is 236 g/mol. The van der Waals surface area contributed by atoms with Crippen LogP contribution in [0.25, 0.3) is 22.6 Å². The lowest BCUT2D eigenvalue weighted by molar-refractivity contribution is 1.25. The van der Waals surface area contributed by atoms with E-state index in [0.29, 0.717) is 5.69 Å². The fraction of sp³-hybridized carbons (Fsp3) is 0.0667. The van der Waals surface area contributed by atoms with Crippen molar-refractivity contribution in [2.45, 2.75) is 6.92 Å². The van der Waals surface area contributed by atoms with E-state index in [1.54, 1.807) is 12.4 Å². The normalized spacial score (nSPS) is 10.6. The smallest absolute Gasteiger partial charge is 0.140 e. The summed E-state index contributed by atoms with van der Waals surface area (Å²) in [6.45, 7) is 2.00. The van der Waals surface area contributed by atoms with Crippen LogP contribution in [-0.4, -0.2) is 15.0 Å². The first kappa shape index (κ1) is 11.5. The summed E-state index contributed by atoms with van der Waals surface area (Å²) < 4.78 is 0. The third kappa shape index (κ3) is 2.08. The fourth-order valence-electron chi connectivity index (χ4n) is 2.08. The molecule has 0 fully saturated rings. The molecule has 0 aliphatic heterocycles. The molecule has 0 aliphatic rings. The monoisotopic (exact) mass is 250 g/mol. The largest absolute Gasteiger partial charge is 0.398 e. The van der Waals surface area contributed by atoms with Gasteiger partial charge in [0, 0.05) is 34.9 Å². The van der Waals surface area contributed by atoms with Gasteiger partial charge in [0.05, 0.1) is 5.69 Å². The van der Waals surface area contributed by atoms with Gasteiger partial charge in [0.2, 0.25) is 0 Å². The van der Waals surface area contributed by atoms with Crippen LogP contribution in [-0.2, 0) is 0 Å². The average molecular weight is 250 g/mol. The Morgan fingerprint density at radius 2 is 1.95 bits per heavy atom. The van der Waals surface area contributed by atoms with E-state index in [-0.39, 0.29) is 0 Å². The van der Waals surface area contributed by atoms with E-state index in [4.69, 9.17) is 5.73 Å². The fourth-order valence-corrected chi connectivity index (χ4v) is 2.08. The van der Waals surface area contributed by atoms with E-state index < -0.39 is 0 Å². The molecule has 0 saturated heterocycles. The van der Waals surface area contributed by atoms with Crippen molar-refractivity contribution in [1.82, 2.24) is 15.0 Å². The number of anilines is 1. The summed E-state index contributed by atoms with van der Waals surface area (Å²) in [5.41, 5.74) is 10.5. The maximum absolute atomic E-state index is 5.98. The number of H-pyrrole nitrogens is 1. The van der Waals surface area contributed by atoms with Gasteiger partial charge in [-0.05, 0) is 31.2 Å². The SMILES string of the molecule is Cc1[nH]c(-c2ccccc2N)nc1-c1cccnc1. The van der Waals surface area contributed by atoms with Crippen molar-refractivity contribution in [3.63, 3.8) is 0 Å². The van der Waals surface area contributed by atoms with E-state index in [1.807, 2.05) is 43.3 Å². The Kier molecular flexibility index (Phi) is 2.76. The first-order chi connectivity index (χ1) is 9.25. The van der Waals surface area contributed by atoms with E-state index >= 15 is 0 Å². The molecule has 0 unspecified atom stereocenters. The van der Waals surface area contributed by atoms with E-state index in [2.05, 4.69) is 15.0 Å². The van der Waals surface area contributed by atoms with E-state index in [0.717, 1.165) is 28.3 Å². The van der Waals surface area contributed by atoms with Crippen LogP contribution < -0.4 is 5.73 Å². The lowest BCUT2D eigenvalue weighted by Gasteiger charge is -2.00. The van der Waals surface area contributed by atoms with Crippen LogP contribution in [0.15, 0.2) is 48.8 Å². The molecule has 2 heterocycles. The maximum atomic E-state index is 5.98. The summed E-state index contributed by atoms with van der Waals surface area (Å²) in [4.78, 5) is 12.0. The molecule has 0 radical (unpaired) electrons. The molecule has 4 nitrogen and oxygen atoms in total. The van der Waals surface area contributed by atoms with Crippen molar-refractivity contribution in [2.24, 2.45) is 0 Å². The summed E-state index contributed by atoms with van der Waals surface area (Å²) in [5.74, 6) is 0.787. The Balaban J connectivity index is 2.10. The number of aryl methyl sites for hydroxylation is 1. The number of hydrogen-bond acceptors (Lipinski definition) is 3. The van der Waals surface area contributed by atoms with Gasteiger partial charge in [-0.1, -0.05) is 12.1 Å². The Morgan fingerprint density at radius 1 is 1.11 bits per heavy atom. The van der Waals surface area contributed by atoms with Crippen LogP contribution in [0.1, 0.15) is 5.69 Å². The molecule has 0 saturated carbocycles. The van der Waals surface area contributed by atoms with Crippen molar-refractivity contribution in [1.29, 1.82) is 0 Å². The Hall–Kier alpha value is -2.62.